The molecule has 0 aromatic carbocycles. The highest BCUT2D eigenvalue weighted by Gasteiger charge is 2.51. The van der Waals surface area contributed by atoms with E-state index in [1.165, 1.54) is 0 Å². The van der Waals surface area contributed by atoms with Crippen LogP contribution in [-0.2, 0) is 13.9 Å². The molecule has 0 saturated carbocycles. The fraction of sp³-hybridized carbons (Fsp3) is 1.00. The predicted octanol–water partition coefficient (Wildman–Crippen LogP) is 2.85. The Morgan fingerprint density at radius 1 is 1.21 bits per heavy atom. The molecule has 0 aromatic heterocycles. The molecule has 19 heavy (non-hydrogen) atoms. The summed E-state index contributed by atoms with van der Waals surface area (Å²) in [4.78, 5) is 2.85. The Morgan fingerprint density at radius 3 is 2.42 bits per heavy atom. The third-order valence-electron chi connectivity index (χ3n) is 4.43. The van der Waals surface area contributed by atoms with Crippen molar-refractivity contribution < 1.29 is 13.9 Å². The summed E-state index contributed by atoms with van der Waals surface area (Å²) >= 11 is 0. The Bertz CT molecular complexity index is 390. The summed E-state index contributed by atoms with van der Waals surface area (Å²) in [6, 6.07) is -0.219. The first kappa shape index (κ1) is 14.8. The van der Waals surface area contributed by atoms with Crippen LogP contribution in [0.15, 0.2) is 5.11 Å². The van der Waals surface area contributed by atoms with Crippen LogP contribution < -0.4 is 0 Å². The van der Waals surface area contributed by atoms with Gasteiger partial charge in [0.1, 0.15) is 6.10 Å². The summed E-state index contributed by atoms with van der Waals surface area (Å²) in [7, 11) is -1.83. The molecule has 0 aliphatic carbocycles. The van der Waals surface area contributed by atoms with Crippen LogP contribution in [0.25, 0.3) is 10.4 Å². The molecule has 0 bridgehead atoms. The standard InChI is InChI=1S/C12H23N3O3Si/c1-12(2,3)19(4,5)18-9-7-17-10-8(14-15-13)6-16-11(9)10/h8-11H,6-7H2,1-5H3/t8-,9-,10+,11+/m0/s1. The van der Waals surface area contributed by atoms with Crippen molar-refractivity contribution >= 4 is 8.32 Å². The predicted molar refractivity (Wildman–Crippen MR) is 74.5 cm³/mol. The van der Waals surface area contributed by atoms with Gasteiger partial charge in [0.15, 0.2) is 8.32 Å². The lowest BCUT2D eigenvalue weighted by Crippen LogP contribution is -2.47. The van der Waals surface area contributed by atoms with E-state index in [4.69, 9.17) is 19.4 Å². The Kier molecular flexibility index (Phi) is 3.95. The molecule has 0 N–H and O–H groups in total. The summed E-state index contributed by atoms with van der Waals surface area (Å²) < 4.78 is 17.8. The SMILES string of the molecule is CC(C)(C)[Si](C)(C)O[C@H]1CO[C@H]2[C@@H]1OC[C@@H]2N=[N+]=[N-]. The van der Waals surface area contributed by atoms with Crippen LogP contribution in [0.2, 0.25) is 18.1 Å². The maximum absolute atomic E-state index is 8.53. The van der Waals surface area contributed by atoms with Crippen LogP contribution in [0.3, 0.4) is 0 Å². The first-order chi connectivity index (χ1) is 8.76. The number of fused-ring (bicyclic) bond motifs is 1. The van der Waals surface area contributed by atoms with Gasteiger partial charge in [-0.05, 0) is 23.7 Å². The average molecular weight is 285 g/mol. The molecule has 0 aromatic rings. The molecule has 2 rings (SSSR count). The summed E-state index contributed by atoms with van der Waals surface area (Å²) in [6.45, 7) is 12.0. The molecule has 0 spiro atoms. The van der Waals surface area contributed by atoms with Gasteiger partial charge in [-0.3, -0.25) is 0 Å². The average Bonchev–Trinajstić information content (AvgIpc) is 2.82. The Hall–Kier alpha value is -0.593. The normalized spacial score (nSPS) is 35.0. The van der Waals surface area contributed by atoms with Crippen LogP contribution in [0.4, 0.5) is 0 Å². The molecule has 2 heterocycles. The summed E-state index contributed by atoms with van der Waals surface area (Å²) in [6.07, 6.45) is -0.278. The molecule has 108 valence electrons. The van der Waals surface area contributed by atoms with E-state index in [0.29, 0.717) is 13.2 Å². The zero-order chi connectivity index (χ0) is 14.3. The zero-order valence-electron chi connectivity index (χ0n) is 12.3. The van der Waals surface area contributed by atoms with Crippen LogP contribution in [-0.4, -0.2) is 45.9 Å². The van der Waals surface area contributed by atoms with Gasteiger partial charge in [0.25, 0.3) is 0 Å². The highest BCUT2D eigenvalue weighted by atomic mass is 28.4. The molecular weight excluding hydrogens is 262 g/mol. The lowest BCUT2D eigenvalue weighted by Gasteiger charge is -2.39. The van der Waals surface area contributed by atoms with Crippen molar-refractivity contribution in [1.29, 1.82) is 0 Å². The summed E-state index contributed by atoms with van der Waals surface area (Å²) in [5, 5.41) is 3.89. The van der Waals surface area contributed by atoms with Crippen LogP contribution in [0.1, 0.15) is 20.8 Å². The maximum atomic E-state index is 8.53. The molecule has 2 saturated heterocycles. The van der Waals surface area contributed by atoms with E-state index in [0.717, 1.165) is 0 Å². The van der Waals surface area contributed by atoms with Gasteiger partial charge < -0.3 is 13.9 Å². The topological polar surface area (TPSA) is 76.5 Å². The molecule has 7 heteroatoms. The number of ether oxygens (including phenoxy) is 2. The van der Waals surface area contributed by atoms with Crippen molar-refractivity contribution in [3.8, 4) is 0 Å². The largest absolute Gasteiger partial charge is 0.409 e. The van der Waals surface area contributed by atoms with Crippen molar-refractivity contribution in [3.05, 3.63) is 10.4 Å². The molecule has 2 aliphatic rings. The number of hydrogen-bond donors (Lipinski definition) is 0. The van der Waals surface area contributed by atoms with Crippen molar-refractivity contribution in [2.45, 2.75) is 63.3 Å². The van der Waals surface area contributed by atoms with E-state index in [1.54, 1.807) is 0 Å². The van der Waals surface area contributed by atoms with Gasteiger partial charge in [0.2, 0.25) is 0 Å². The van der Waals surface area contributed by atoms with Gasteiger partial charge in [-0.15, -0.1) is 0 Å². The first-order valence-electron chi connectivity index (χ1n) is 6.71. The lowest BCUT2D eigenvalue weighted by molar-refractivity contribution is 0.0242. The van der Waals surface area contributed by atoms with E-state index in [2.05, 4.69) is 43.9 Å². The van der Waals surface area contributed by atoms with E-state index in [1.807, 2.05) is 0 Å². The number of nitrogens with zero attached hydrogens (tertiary/aromatic N) is 3. The van der Waals surface area contributed by atoms with E-state index >= 15 is 0 Å². The minimum atomic E-state index is -1.83. The summed E-state index contributed by atoms with van der Waals surface area (Å²) in [5.74, 6) is 0. The molecule has 6 nitrogen and oxygen atoms in total. The fourth-order valence-electron chi connectivity index (χ4n) is 2.27. The minimum Gasteiger partial charge on any atom is -0.409 e. The summed E-state index contributed by atoms with van der Waals surface area (Å²) in [5.41, 5.74) is 8.53. The molecule has 0 radical (unpaired) electrons. The van der Waals surface area contributed by atoms with Crippen molar-refractivity contribution in [1.82, 2.24) is 0 Å². The van der Waals surface area contributed by atoms with Crippen LogP contribution in [0.5, 0.6) is 0 Å². The number of hydrogen-bond acceptors (Lipinski definition) is 4. The van der Waals surface area contributed by atoms with Gasteiger partial charge in [-0.2, -0.15) is 0 Å². The zero-order valence-corrected chi connectivity index (χ0v) is 13.3. The fourth-order valence-corrected chi connectivity index (χ4v) is 3.58. The quantitative estimate of drug-likeness (QED) is 0.346. The van der Waals surface area contributed by atoms with Crippen molar-refractivity contribution in [2.75, 3.05) is 13.2 Å². The third kappa shape index (κ3) is 2.80. The Balaban J connectivity index is 2.04. The van der Waals surface area contributed by atoms with Crippen molar-refractivity contribution in [2.24, 2.45) is 5.11 Å². The van der Waals surface area contributed by atoms with E-state index in [9.17, 15) is 0 Å². The molecule has 2 aliphatic heterocycles. The Morgan fingerprint density at radius 2 is 1.84 bits per heavy atom. The molecule has 0 amide bonds. The molecular formula is C12H23N3O3Si. The second kappa shape index (κ2) is 5.07. The first-order valence-corrected chi connectivity index (χ1v) is 9.62. The van der Waals surface area contributed by atoms with Crippen molar-refractivity contribution in [3.63, 3.8) is 0 Å². The van der Waals surface area contributed by atoms with E-state index < -0.39 is 8.32 Å². The Labute approximate surface area is 115 Å². The minimum absolute atomic E-state index is 0.0372. The third-order valence-corrected chi connectivity index (χ3v) is 8.94. The van der Waals surface area contributed by atoms with Gasteiger partial charge in [0, 0.05) is 4.91 Å². The lowest BCUT2D eigenvalue weighted by atomic mass is 10.1. The van der Waals surface area contributed by atoms with Crippen LogP contribution >= 0.6 is 0 Å². The van der Waals surface area contributed by atoms with E-state index in [-0.39, 0.29) is 29.4 Å². The second-order valence-electron chi connectivity index (χ2n) is 6.78. The van der Waals surface area contributed by atoms with Gasteiger partial charge in [-0.1, -0.05) is 25.9 Å². The number of rotatable bonds is 3. The maximum Gasteiger partial charge on any atom is 0.192 e. The number of azide groups is 1. The van der Waals surface area contributed by atoms with Gasteiger partial charge in [0.05, 0.1) is 31.5 Å². The monoisotopic (exact) mass is 285 g/mol. The second-order valence-corrected chi connectivity index (χ2v) is 11.5. The van der Waals surface area contributed by atoms with Gasteiger partial charge in [-0.25, -0.2) is 0 Å². The van der Waals surface area contributed by atoms with Gasteiger partial charge >= 0.3 is 0 Å². The molecule has 0 unspecified atom stereocenters. The molecule has 2 fully saturated rings. The smallest absolute Gasteiger partial charge is 0.192 e. The molecule has 4 atom stereocenters. The highest BCUT2D eigenvalue weighted by Crippen LogP contribution is 2.40. The van der Waals surface area contributed by atoms with Crippen LogP contribution in [0, 0.1) is 0 Å². The highest BCUT2D eigenvalue weighted by molar-refractivity contribution is 6.74.